The van der Waals surface area contributed by atoms with E-state index < -0.39 is 0 Å². The molecule has 0 saturated carbocycles. The highest BCUT2D eigenvalue weighted by molar-refractivity contribution is 7.26. The second-order valence-corrected chi connectivity index (χ2v) is 14.7. The van der Waals surface area contributed by atoms with Crippen molar-refractivity contribution in [2.75, 3.05) is 0 Å². The monoisotopic (exact) mass is 677 g/mol. The molecule has 12 rings (SSSR count). The number of aromatic nitrogens is 3. The summed E-state index contributed by atoms with van der Waals surface area (Å²) < 4.78 is 5.14. The van der Waals surface area contributed by atoms with Gasteiger partial charge in [-0.05, 0) is 76.2 Å². The normalized spacial score (nSPS) is 12.2. The summed E-state index contributed by atoms with van der Waals surface area (Å²) in [4.78, 5) is 10.2. The molecule has 0 saturated heterocycles. The summed E-state index contributed by atoms with van der Waals surface area (Å²) in [6, 6.07) is 59.1. The number of nitrogens with zero attached hydrogens (tertiary/aromatic N) is 3. The lowest BCUT2D eigenvalue weighted by Gasteiger charge is -2.13. The second-order valence-electron chi connectivity index (χ2n) is 13.7. The van der Waals surface area contributed by atoms with E-state index in [1.165, 1.54) is 75.0 Å². The van der Waals surface area contributed by atoms with Crippen molar-refractivity contribution in [3.63, 3.8) is 0 Å². The molecule has 0 bridgehead atoms. The summed E-state index contributed by atoms with van der Waals surface area (Å²) >= 11 is 1.90. The van der Waals surface area contributed by atoms with Gasteiger partial charge in [-0.15, -0.1) is 11.3 Å². The van der Waals surface area contributed by atoms with Gasteiger partial charge < -0.3 is 4.57 Å². The molecule has 8 aromatic carbocycles. The maximum absolute atomic E-state index is 5.16. The van der Waals surface area contributed by atoms with E-state index in [0.717, 1.165) is 39.2 Å². The summed E-state index contributed by atoms with van der Waals surface area (Å²) in [7, 11) is 0. The average Bonchev–Trinajstić information content (AvgIpc) is 3.87. The third-order valence-corrected chi connectivity index (χ3v) is 12.1. The number of benzene rings is 8. The van der Waals surface area contributed by atoms with E-state index in [0.29, 0.717) is 0 Å². The van der Waals surface area contributed by atoms with Crippen LogP contribution in [0.5, 0.6) is 0 Å². The van der Waals surface area contributed by atoms with Gasteiger partial charge >= 0.3 is 0 Å². The van der Waals surface area contributed by atoms with E-state index in [1.807, 2.05) is 23.5 Å². The molecule has 240 valence electrons. The van der Waals surface area contributed by atoms with Crippen molar-refractivity contribution >= 4 is 75.0 Å². The minimum Gasteiger partial charge on any atom is -0.309 e. The van der Waals surface area contributed by atoms with Crippen LogP contribution in [0.25, 0.3) is 114 Å². The Morgan fingerprint density at radius 3 is 2.02 bits per heavy atom. The molecule has 1 aliphatic rings. The second kappa shape index (κ2) is 10.5. The standard InChI is InChI=1S/C48H27N3S/c1-2-11-28(12-3-1)45-36-16-6-8-19-40(36)49-48(50-45)29-21-23-30(24-22-29)51-41-26-25-35-33-15-7-9-20-42(33)52-47(35)44(41)39-27-38-32-14-5-4-13-31(32)34-17-10-18-37(43(34)38)46(39)51/h1-27H. The number of hydrogen-bond donors (Lipinski definition) is 0. The first-order valence-electron chi connectivity index (χ1n) is 17.7. The molecule has 1 aliphatic carbocycles. The quantitative estimate of drug-likeness (QED) is 0.186. The molecule has 0 fully saturated rings. The molecule has 4 heteroatoms. The highest BCUT2D eigenvalue weighted by Crippen LogP contribution is 2.52. The van der Waals surface area contributed by atoms with Gasteiger partial charge in [-0.2, -0.15) is 0 Å². The first-order valence-corrected chi connectivity index (χ1v) is 18.5. The van der Waals surface area contributed by atoms with Gasteiger partial charge in [0.2, 0.25) is 0 Å². The van der Waals surface area contributed by atoms with E-state index in [2.05, 4.69) is 156 Å². The van der Waals surface area contributed by atoms with E-state index in [1.54, 1.807) is 0 Å². The van der Waals surface area contributed by atoms with Gasteiger partial charge in [-0.3, -0.25) is 0 Å². The molecular formula is C48H27N3S. The lowest BCUT2D eigenvalue weighted by atomic mass is 9.98. The Morgan fingerprint density at radius 1 is 0.442 bits per heavy atom. The number of para-hydroxylation sites is 1. The van der Waals surface area contributed by atoms with Crippen LogP contribution in [-0.2, 0) is 0 Å². The SMILES string of the molecule is c1ccc(-c2nc(-c3ccc(-n4c5ccc6c7ccccc7sc6c5c5cc6c7c(cccc7c54)-c4ccccc4-6)cc3)nc3ccccc23)cc1. The Bertz CT molecular complexity index is 3280. The Morgan fingerprint density at radius 2 is 1.15 bits per heavy atom. The van der Waals surface area contributed by atoms with E-state index >= 15 is 0 Å². The molecule has 0 atom stereocenters. The Hall–Kier alpha value is -6.62. The van der Waals surface area contributed by atoms with Crippen LogP contribution in [0, 0.1) is 0 Å². The fourth-order valence-electron chi connectivity index (χ4n) is 8.69. The third-order valence-electron chi connectivity index (χ3n) is 10.9. The molecule has 3 aromatic heterocycles. The molecule has 52 heavy (non-hydrogen) atoms. The van der Waals surface area contributed by atoms with Gasteiger partial charge in [-0.25, -0.2) is 9.97 Å². The van der Waals surface area contributed by atoms with E-state index in [9.17, 15) is 0 Å². The molecule has 3 heterocycles. The Balaban J connectivity index is 1.14. The van der Waals surface area contributed by atoms with Crippen LogP contribution in [0.1, 0.15) is 0 Å². The van der Waals surface area contributed by atoms with Crippen LogP contribution in [0.2, 0.25) is 0 Å². The molecule has 3 nitrogen and oxygen atoms in total. The summed E-state index contributed by atoms with van der Waals surface area (Å²) in [5.41, 5.74) is 12.8. The fourth-order valence-corrected chi connectivity index (χ4v) is 9.95. The van der Waals surface area contributed by atoms with Crippen molar-refractivity contribution in [2.24, 2.45) is 0 Å². The zero-order valence-corrected chi connectivity index (χ0v) is 28.7. The van der Waals surface area contributed by atoms with Crippen LogP contribution in [0.3, 0.4) is 0 Å². The highest BCUT2D eigenvalue weighted by atomic mass is 32.1. The number of hydrogen-bond acceptors (Lipinski definition) is 3. The number of thiophene rings is 1. The summed E-state index contributed by atoms with van der Waals surface area (Å²) in [5, 5.41) is 8.91. The Kier molecular flexibility index (Phi) is 5.65. The third kappa shape index (κ3) is 3.79. The topological polar surface area (TPSA) is 30.7 Å². The first kappa shape index (κ1) is 28.1. The lowest BCUT2D eigenvalue weighted by molar-refractivity contribution is 1.18. The van der Waals surface area contributed by atoms with Gasteiger partial charge in [0.05, 0.1) is 22.2 Å². The number of rotatable bonds is 3. The molecular weight excluding hydrogens is 651 g/mol. The minimum atomic E-state index is 0.724. The van der Waals surface area contributed by atoms with Crippen molar-refractivity contribution in [2.45, 2.75) is 0 Å². The van der Waals surface area contributed by atoms with Crippen LogP contribution < -0.4 is 0 Å². The average molecular weight is 678 g/mol. The predicted octanol–water partition coefficient (Wildman–Crippen LogP) is 13.2. The molecule has 0 spiro atoms. The summed E-state index contributed by atoms with van der Waals surface area (Å²) in [6.45, 7) is 0. The molecule has 0 aliphatic heterocycles. The van der Waals surface area contributed by atoms with Crippen LogP contribution in [-0.4, -0.2) is 14.5 Å². The zero-order valence-electron chi connectivity index (χ0n) is 27.8. The van der Waals surface area contributed by atoms with Crippen molar-refractivity contribution in [1.82, 2.24) is 14.5 Å². The highest BCUT2D eigenvalue weighted by Gasteiger charge is 2.26. The Labute approximate surface area is 302 Å². The predicted molar refractivity (Wildman–Crippen MR) is 220 cm³/mol. The molecule has 11 aromatic rings. The van der Waals surface area contributed by atoms with Crippen molar-refractivity contribution in [3.8, 4) is 50.6 Å². The van der Waals surface area contributed by atoms with Gasteiger partial charge in [0.1, 0.15) is 0 Å². The summed E-state index contributed by atoms with van der Waals surface area (Å²) in [5.74, 6) is 0.724. The van der Waals surface area contributed by atoms with Gasteiger partial charge in [0.15, 0.2) is 5.82 Å². The molecule has 0 radical (unpaired) electrons. The van der Waals surface area contributed by atoms with Crippen LogP contribution in [0.15, 0.2) is 164 Å². The molecule has 0 amide bonds. The van der Waals surface area contributed by atoms with Crippen molar-refractivity contribution < 1.29 is 0 Å². The van der Waals surface area contributed by atoms with Crippen molar-refractivity contribution in [1.29, 1.82) is 0 Å². The van der Waals surface area contributed by atoms with Gasteiger partial charge in [-0.1, -0.05) is 115 Å². The maximum Gasteiger partial charge on any atom is 0.160 e. The van der Waals surface area contributed by atoms with Crippen molar-refractivity contribution in [3.05, 3.63) is 164 Å². The fraction of sp³-hybridized carbons (Fsp3) is 0. The smallest absolute Gasteiger partial charge is 0.160 e. The largest absolute Gasteiger partial charge is 0.309 e. The van der Waals surface area contributed by atoms with Gasteiger partial charge in [0.25, 0.3) is 0 Å². The van der Waals surface area contributed by atoms with Crippen LogP contribution >= 0.6 is 11.3 Å². The first-order chi connectivity index (χ1) is 25.8. The van der Waals surface area contributed by atoms with Crippen LogP contribution in [0.4, 0.5) is 0 Å². The van der Waals surface area contributed by atoms with E-state index in [4.69, 9.17) is 9.97 Å². The zero-order chi connectivity index (χ0) is 33.9. The molecule has 0 unspecified atom stereocenters. The minimum absolute atomic E-state index is 0.724. The lowest BCUT2D eigenvalue weighted by Crippen LogP contribution is -1.97. The summed E-state index contributed by atoms with van der Waals surface area (Å²) in [6.07, 6.45) is 0. The van der Waals surface area contributed by atoms with Gasteiger partial charge in [0, 0.05) is 58.5 Å². The van der Waals surface area contributed by atoms with E-state index in [-0.39, 0.29) is 0 Å². The molecule has 0 N–H and O–H groups in total. The maximum atomic E-state index is 5.16. The number of fused-ring (bicyclic) bond motifs is 12.